The summed E-state index contributed by atoms with van der Waals surface area (Å²) in [7, 11) is 0. The van der Waals surface area contributed by atoms with Crippen molar-refractivity contribution in [3.8, 4) is 0 Å². The molecule has 0 fully saturated rings. The standard InChI is InChI=1S/C20H20ClNO5S/c1-4-26-19(24)16-12(3)17(20(25)27-5-2)28-18(16)22-15(23)11-8-13-6-9-14(21)10-7-13/h6-11H,4-5H2,1-3H3,(H,22,23). The minimum atomic E-state index is -0.608. The second-order valence-corrected chi connectivity index (χ2v) is 7.03. The van der Waals surface area contributed by atoms with Crippen LogP contribution in [0.3, 0.4) is 0 Å². The van der Waals surface area contributed by atoms with Crippen LogP contribution in [0.5, 0.6) is 0 Å². The van der Waals surface area contributed by atoms with Crippen molar-refractivity contribution in [1.82, 2.24) is 0 Å². The molecule has 1 aromatic heterocycles. The molecule has 1 amide bonds. The molecule has 2 aromatic rings. The second-order valence-electron chi connectivity index (χ2n) is 5.58. The monoisotopic (exact) mass is 421 g/mol. The van der Waals surface area contributed by atoms with Crippen LogP contribution in [0.25, 0.3) is 6.08 Å². The lowest BCUT2D eigenvalue weighted by Gasteiger charge is -2.05. The van der Waals surface area contributed by atoms with Crippen molar-refractivity contribution in [1.29, 1.82) is 0 Å². The summed E-state index contributed by atoms with van der Waals surface area (Å²) in [6.45, 7) is 5.37. The van der Waals surface area contributed by atoms with Crippen molar-refractivity contribution < 1.29 is 23.9 Å². The van der Waals surface area contributed by atoms with E-state index in [9.17, 15) is 14.4 Å². The summed E-state index contributed by atoms with van der Waals surface area (Å²) in [5.74, 6) is -1.60. The Bertz CT molecular complexity index is 902. The molecule has 6 nitrogen and oxygen atoms in total. The van der Waals surface area contributed by atoms with Crippen LogP contribution in [-0.4, -0.2) is 31.1 Å². The Hall–Kier alpha value is -2.64. The number of halogens is 1. The first-order valence-electron chi connectivity index (χ1n) is 8.59. The smallest absolute Gasteiger partial charge is 0.348 e. The third-order valence-corrected chi connectivity index (χ3v) is 5.06. The largest absolute Gasteiger partial charge is 0.462 e. The van der Waals surface area contributed by atoms with Gasteiger partial charge in [-0.25, -0.2) is 9.59 Å². The molecule has 1 aromatic carbocycles. The summed E-state index contributed by atoms with van der Waals surface area (Å²) in [4.78, 5) is 37.0. The van der Waals surface area contributed by atoms with Crippen LogP contribution in [-0.2, 0) is 14.3 Å². The van der Waals surface area contributed by atoms with Gasteiger partial charge in [-0.1, -0.05) is 23.7 Å². The number of thiophene rings is 1. The van der Waals surface area contributed by atoms with Gasteiger partial charge in [-0.15, -0.1) is 11.3 Å². The minimum absolute atomic E-state index is 0.156. The first-order valence-corrected chi connectivity index (χ1v) is 9.79. The Balaban J connectivity index is 2.28. The van der Waals surface area contributed by atoms with Gasteiger partial charge >= 0.3 is 11.9 Å². The van der Waals surface area contributed by atoms with E-state index in [1.807, 2.05) is 0 Å². The Morgan fingerprint density at radius 3 is 2.29 bits per heavy atom. The molecule has 0 saturated carbocycles. The molecule has 0 aliphatic heterocycles. The number of benzene rings is 1. The van der Waals surface area contributed by atoms with Gasteiger partial charge in [0.25, 0.3) is 0 Å². The zero-order valence-corrected chi connectivity index (χ0v) is 17.3. The number of carbonyl (C=O) groups is 3. The molecule has 0 unspecified atom stereocenters. The van der Waals surface area contributed by atoms with Gasteiger partial charge in [0, 0.05) is 11.1 Å². The molecule has 0 aliphatic rings. The highest BCUT2D eigenvalue weighted by molar-refractivity contribution is 7.18. The van der Waals surface area contributed by atoms with Crippen molar-refractivity contribution in [3.05, 3.63) is 56.9 Å². The zero-order chi connectivity index (χ0) is 20.7. The first kappa shape index (κ1) is 21.7. The van der Waals surface area contributed by atoms with Crippen LogP contribution in [0.2, 0.25) is 5.02 Å². The quantitative estimate of drug-likeness (QED) is 0.517. The van der Waals surface area contributed by atoms with E-state index in [1.165, 1.54) is 6.08 Å². The number of amides is 1. The van der Waals surface area contributed by atoms with Crippen LogP contribution < -0.4 is 5.32 Å². The van der Waals surface area contributed by atoms with Crippen molar-refractivity contribution in [2.24, 2.45) is 0 Å². The predicted octanol–water partition coefficient (Wildman–Crippen LogP) is 4.72. The molecular weight excluding hydrogens is 402 g/mol. The number of nitrogens with one attached hydrogen (secondary N) is 1. The molecule has 1 N–H and O–H groups in total. The molecular formula is C20H20ClNO5S. The molecule has 0 bridgehead atoms. The van der Waals surface area contributed by atoms with E-state index in [0.29, 0.717) is 10.6 Å². The maximum Gasteiger partial charge on any atom is 0.348 e. The lowest BCUT2D eigenvalue weighted by Crippen LogP contribution is -2.13. The van der Waals surface area contributed by atoms with Crippen molar-refractivity contribution in [2.75, 3.05) is 18.5 Å². The van der Waals surface area contributed by atoms with E-state index in [0.717, 1.165) is 16.9 Å². The van der Waals surface area contributed by atoms with Gasteiger partial charge in [0.1, 0.15) is 9.88 Å². The van der Waals surface area contributed by atoms with Crippen LogP contribution in [0.4, 0.5) is 5.00 Å². The topological polar surface area (TPSA) is 81.7 Å². The molecule has 0 aliphatic carbocycles. The van der Waals surface area contributed by atoms with E-state index < -0.39 is 17.8 Å². The molecule has 1 heterocycles. The SMILES string of the molecule is CCOC(=O)c1sc(NC(=O)C=Cc2ccc(Cl)cc2)c(C(=O)OCC)c1C. The number of carbonyl (C=O) groups excluding carboxylic acids is 3. The Morgan fingerprint density at radius 2 is 1.68 bits per heavy atom. The van der Waals surface area contributed by atoms with E-state index in [1.54, 1.807) is 51.1 Å². The normalized spacial score (nSPS) is 10.7. The molecule has 148 valence electrons. The maximum absolute atomic E-state index is 12.3. The summed E-state index contributed by atoms with van der Waals surface area (Å²) >= 11 is 6.82. The lowest BCUT2D eigenvalue weighted by atomic mass is 10.1. The highest BCUT2D eigenvalue weighted by atomic mass is 35.5. The van der Waals surface area contributed by atoms with E-state index in [-0.39, 0.29) is 28.7 Å². The van der Waals surface area contributed by atoms with E-state index in [2.05, 4.69) is 5.32 Å². The fourth-order valence-corrected chi connectivity index (χ4v) is 3.56. The molecule has 2 rings (SSSR count). The predicted molar refractivity (Wildman–Crippen MR) is 110 cm³/mol. The number of anilines is 1. The van der Waals surface area contributed by atoms with Crippen LogP contribution in [0.1, 0.15) is 45.0 Å². The van der Waals surface area contributed by atoms with Gasteiger partial charge in [0.05, 0.1) is 18.8 Å². The summed E-state index contributed by atoms with van der Waals surface area (Å²) in [5.41, 5.74) is 1.36. The van der Waals surface area contributed by atoms with Crippen LogP contribution in [0, 0.1) is 6.92 Å². The van der Waals surface area contributed by atoms with Gasteiger partial charge in [-0.3, -0.25) is 4.79 Å². The fourth-order valence-electron chi connectivity index (χ4n) is 2.34. The Morgan fingerprint density at radius 1 is 1.07 bits per heavy atom. The molecule has 28 heavy (non-hydrogen) atoms. The highest BCUT2D eigenvalue weighted by Crippen LogP contribution is 2.34. The summed E-state index contributed by atoms with van der Waals surface area (Å²) in [5, 5.41) is 3.49. The molecule has 8 heteroatoms. The third kappa shape index (κ3) is 5.43. The van der Waals surface area contributed by atoms with Gasteiger partial charge in [0.15, 0.2) is 0 Å². The van der Waals surface area contributed by atoms with Gasteiger partial charge in [-0.2, -0.15) is 0 Å². The van der Waals surface area contributed by atoms with Crippen molar-refractivity contribution in [3.63, 3.8) is 0 Å². The number of hydrogen-bond acceptors (Lipinski definition) is 6. The Labute approximate surface area is 172 Å². The molecule has 0 spiro atoms. The maximum atomic E-state index is 12.3. The average molecular weight is 422 g/mol. The third-order valence-electron chi connectivity index (χ3n) is 3.62. The van der Waals surface area contributed by atoms with E-state index >= 15 is 0 Å². The van der Waals surface area contributed by atoms with Gasteiger partial charge in [0.2, 0.25) is 5.91 Å². The average Bonchev–Trinajstić information content (AvgIpc) is 2.97. The lowest BCUT2D eigenvalue weighted by molar-refractivity contribution is -0.111. The Kier molecular flexibility index (Phi) is 7.78. The van der Waals surface area contributed by atoms with Gasteiger partial charge in [-0.05, 0) is 50.1 Å². The number of rotatable bonds is 7. The van der Waals surface area contributed by atoms with Crippen molar-refractivity contribution in [2.45, 2.75) is 20.8 Å². The van der Waals surface area contributed by atoms with Crippen LogP contribution >= 0.6 is 22.9 Å². The summed E-state index contributed by atoms with van der Waals surface area (Å²) < 4.78 is 10.1. The minimum Gasteiger partial charge on any atom is -0.462 e. The molecule has 0 radical (unpaired) electrons. The zero-order valence-electron chi connectivity index (χ0n) is 15.7. The molecule has 0 saturated heterocycles. The van der Waals surface area contributed by atoms with Gasteiger partial charge < -0.3 is 14.8 Å². The summed E-state index contributed by atoms with van der Waals surface area (Å²) in [6, 6.07) is 6.97. The number of hydrogen-bond donors (Lipinski definition) is 1. The fraction of sp³-hybridized carbons (Fsp3) is 0.250. The number of esters is 2. The van der Waals surface area contributed by atoms with Crippen molar-refractivity contribution >= 4 is 51.9 Å². The summed E-state index contributed by atoms with van der Waals surface area (Å²) in [6.07, 6.45) is 2.94. The highest BCUT2D eigenvalue weighted by Gasteiger charge is 2.26. The number of ether oxygens (including phenoxy) is 2. The second kappa shape index (κ2) is 10.1. The first-order chi connectivity index (χ1) is 13.4. The molecule has 0 atom stereocenters. The van der Waals surface area contributed by atoms with E-state index in [4.69, 9.17) is 21.1 Å². The van der Waals surface area contributed by atoms with Crippen LogP contribution in [0.15, 0.2) is 30.3 Å².